The fourth-order valence-electron chi connectivity index (χ4n) is 4.43. The van der Waals surface area contributed by atoms with E-state index in [1.807, 2.05) is 24.3 Å². The number of benzene rings is 2. The normalized spacial score (nSPS) is 16.0. The highest BCUT2D eigenvalue weighted by atomic mass is 32.2. The van der Waals surface area contributed by atoms with E-state index < -0.39 is 17.8 Å². The summed E-state index contributed by atoms with van der Waals surface area (Å²) in [6.45, 7) is 7.53. The minimum atomic E-state index is -4.37. The van der Waals surface area contributed by atoms with E-state index in [0.29, 0.717) is 39.4 Å². The standard InChI is InChI=1S/C28H30F3N5O3S2/c1-15-11-13-36(14-12-15)25(37)21-22(40-24(32-21)23-33-34-26(39-23)27(3,4)38)19-9-10-20(18-8-6-5-7-17(18)19)41-35-16(2)28(29,30)31/h5-10,15-16,35,38H,11-14H2,1-4H3/t16-/m0/s1. The lowest BCUT2D eigenvalue weighted by Crippen LogP contribution is -2.38. The second kappa shape index (κ2) is 11.3. The van der Waals surface area contributed by atoms with Crippen LogP contribution in [-0.4, -0.2) is 56.4 Å². The maximum Gasteiger partial charge on any atom is 0.404 e. The van der Waals surface area contributed by atoms with Crippen LogP contribution in [0.15, 0.2) is 45.7 Å². The number of carbonyl (C=O) groups excluding carboxylic acids is 1. The van der Waals surface area contributed by atoms with Gasteiger partial charge in [0.05, 0.1) is 4.88 Å². The van der Waals surface area contributed by atoms with Crippen LogP contribution in [0, 0.1) is 5.92 Å². The first-order valence-electron chi connectivity index (χ1n) is 13.2. The van der Waals surface area contributed by atoms with Gasteiger partial charge in [0.1, 0.15) is 17.3 Å². The Morgan fingerprint density at radius 2 is 1.83 bits per heavy atom. The maximum absolute atomic E-state index is 13.8. The molecule has 1 fully saturated rings. The monoisotopic (exact) mass is 605 g/mol. The zero-order valence-electron chi connectivity index (χ0n) is 23.0. The SMILES string of the molecule is CC1CCN(C(=O)c2nc(-c3nnc(C(C)(C)O)o3)sc2-c2ccc(SN[C@@H](C)C(F)(F)F)c3ccccc23)CC1. The second-order valence-electron chi connectivity index (χ2n) is 10.8. The first-order chi connectivity index (χ1) is 19.3. The molecule has 0 spiro atoms. The topological polar surface area (TPSA) is 104 Å². The van der Waals surface area contributed by atoms with Crippen LogP contribution in [0.25, 0.3) is 32.1 Å². The quantitative estimate of drug-likeness (QED) is 0.226. The number of nitrogens with one attached hydrogen (secondary N) is 1. The molecule has 3 heterocycles. The summed E-state index contributed by atoms with van der Waals surface area (Å²) in [5.74, 6) is 0.432. The van der Waals surface area contributed by atoms with E-state index in [2.05, 4.69) is 26.8 Å². The number of amides is 1. The van der Waals surface area contributed by atoms with Gasteiger partial charge in [-0.1, -0.05) is 37.3 Å². The highest BCUT2D eigenvalue weighted by Gasteiger charge is 2.36. The van der Waals surface area contributed by atoms with Crippen molar-refractivity contribution in [3.8, 4) is 21.3 Å². The molecule has 0 unspecified atom stereocenters. The predicted molar refractivity (Wildman–Crippen MR) is 152 cm³/mol. The van der Waals surface area contributed by atoms with Crippen molar-refractivity contribution in [2.75, 3.05) is 13.1 Å². The average Bonchev–Trinajstić information content (AvgIpc) is 3.59. The Morgan fingerprint density at radius 3 is 2.46 bits per heavy atom. The lowest BCUT2D eigenvalue weighted by Gasteiger charge is -2.30. The molecular weight excluding hydrogens is 575 g/mol. The second-order valence-corrected chi connectivity index (χ2v) is 12.7. The number of thiazole rings is 1. The minimum absolute atomic E-state index is 0.0227. The molecule has 2 N–H and O–H groups in total. The molecular formula is C28H30F3N5O3S2. The molecule has 8 nitrogen and oxygen atoms in total. The van der Waals surface area contributed by atoms with Crippen LogP contribution in [0.4, 0.5) is 13.2 Å². The van der Waals surface area contributed by atoms with E-state index in [-0.39, 0.29) is 23.4 Å². The first-order valence-corrected chi connectivity index (χ1v) is 14.8. The molecule has 218 valence electrons. The number of rotatable bonds is 7. The van der Waals surface area contributed by atoms with E-state index in [1.165, 1.54) is 25.2 Å². The number of carbonyl (C=O) groups is 1. The smallest absolute Gasteiger partial charge is 0.404 e. The summed E-state index contributed by atoms with van der Waals surface area (Å²) in [6.07, 6.45) is -2.58. The molecule has 0 radical (unpaired) electrons. The highest BCUT2D eigenvalue weighted by molar-refractivity contribution is 7.97. The van der Waals surface area contributed by atoms with Crippen molar-refractivity contribution in [2.45, 2.75) is 63.3 Å². The minimum Gasteiger partial charge on any atom is -0.415 e. The van der Waals surface area contributed by atoms with Gasteiger partial charge >= 0.3 is 6.18 Å². The number of piperidine rings is 1. The van der Waals surface area contributed by atoms with E-state index in [1.54, 1.807) is 17.0 Å². The fraction of sp³-hybridized carbons (Fsp3) is 0.429. The number of likely N-dealkylation sites (tertiary alicyclic amines) is 1. The van der Waals surface area contributed by atoms with Crippen LogP contribution in [0.3, 0.4) is 0 Å². The number of alkyl halides is 3. The molecule has 0 bridgehead atoms. The van der Waals surface area contributed by atoms with Crippen molar-refractivity contribution in [3.63, 3.8) is 0 Å². The summed E-state index contributed by atoms with van der Waals surface area (Å²) in [7, 11) is 0. The van der Waals surface area contributed by atoms with E-state index in [9.17, 15) is 23.1 Å². The summed E-state index contributed by atoms with van der Waals surface area (Å²) in [5.41, 5.74) is -0.388. The molecule has 0 saturated carbocycles. The molecule has 1 aliphatic rings. The van der Waals surface area contributed by atoms with Crippen LogP contribution in [-0.2, 0) is 5.60 Å². The maximum atomic E-state index is 13.8. The number of halogens is 3. The van der Waals surface area contributed by atoms with E-state index in [0.717, 1.165) is 42.5 Å². The molecule has 0 aliphatic carbocycles. The number of aromatic nitrogens is 3. The summed E-state index contributed by atoms with van der Waals surface area (Å²) >= 11 is 2.13. The van der Waals surface area contributed by atoms with Crippen LogP contribution in [0.1, 0.15) is 56.9 Å². The Balaban J connectivity index is 1.59. The zero-order valence-corrected chi connectivity index (χ0v) is 24.6. The van der Waals surface area contributed by atoms with Crippen LogP contribution in [0.5, 0.6) is 0 Å². The van der Waals surface area contributed by atoms with Crippen molar-refractivity contribution in [3.05, 3.63) is 48.0 Å². The van der Waals surface area contributed by atoms with Gasteiger partial charge in [-0.05, 0) is 68.3 Å². The summed E-state index contributed by atoms with van der Waals surface area (Å²) in [4.78, 5) is 21.5. The third-order valence-electron chi connectivity index (χ3n) is 7.00. The number of aliphatic hydroxyl groups is 1. The van der Waals surface area contributed by atoms with Crippen LogP contribution >= 0.6 is 23.3 Å². The highest BCUT2D eigenvalue weighted by Crippen LogP contribution is 2.42. The van der Waals surface area contributed by atoms with E-state index in [4.69, 9.17) is 4.42 Å². The molecule has 2 aromatic heterocycles. The summed E-state index contributed by atoms with van der Waals surface area (Å²) in [6, 6.07) is 9.21. The third-order valence-corrected chi connectivity index (χ3v) is 9.12. The van der Waals surface area contributed by atoms with Gasteiger partial charge in [-0.15, -0.1) is 21.5 Å². The van der Waals surface area contributed by atoms with Crippen molar-refractivity contribution >= 4 is 40.0 Å². The lowest BCUT2D eigenvalue weighted by molar-refractivity contribution is -0.146. The van der Waals surface area contributed by atoms with Crippen molar-refractivity contribution in [1.82, 2.24) is 24.8 Å². The molecule has 1 atom stereocenters. The van der Waals surface area contributed by atoms with Gasteiger partial charge in [-0.2, -0.15) is 13.2 Å². The van der Waals surface area contributed by atoms with Crippen LogP contribution in [0.2, 0.25) is 0 Å². The summed E-state index contributed by atoms with van der Waals surface area (Å²) in [5, 5.41) is 20.1. The van der Waals surface area contributed by atoms with Gasteiger partial charge in [-0.3, -0.25) is 4.79 Å². The Morgan fingerprint density at radius 1 is 1.15 bits per heavy atom. The summed E-state index contributed by atoms with van der Waals surface area (Å²) < 4.78 is 47.5. The molecule has 1 amide bonds. The van der Waals surface area contributed by atoms with Gasteiger partial charge in [0.15, 0.2) is 5.01 Å². The Labute approximate surface area is 243 Å². The predicted octanol–water partition coefficient (Wildman–Crippen LogP) is 6.66. The molecule has 1 saturated heterocycles. The molecule has 13 heteroatoms. The van der Waals surface area contributed by atoms with Gasteiger partial charge in [0, 0.05) is 23.5 Å². The molecule has 5 rings (SSSR count). The van der Waals surface area contributed by atoms with Crippen molar-refractivity contribution < 1.29 is 27.5 Å². The largest absolute Gasteiger partial charge is 0.415 e. The van der Waals surface area contributed by atoms with Gasteiger partial charge in [-0.25, -0.2) is 9.71 Å². The third kappa shape index (κ3) is 6.27. The Bertz CT molecular complexity index is 1560. The van der Waals surface area contributed by atoms with Gasteiger partial charge in [0.2, 0.25) is 5.89 Å². The molecule has 4 aromatic rings. The first kappa shape index (κ1) is 29.5. The lowest BCUT2D eigenvalue weighted by atomic mass is 9.98. The molecule has 2 aromatic carbocycles. The van der Waals surface area contributed by atoms with E-state index >= 15 is 0 Å². The molecule has 41 heavy (non-hydrogen) atoms. The average molecular weight is 606 g/mol. The fourth-order valence-corrected chi connectivity index (χ4v) is 6.31. The van der Waals surface area contributed by atoms with Gasteiger partial charge in [0.25, 0.3) is 11.8 Å². The van der Waals surface area contributed by atoms with Crippen molar-refractivity contribution in [2.24, 2.45) is 5.92 Å². The Kier molecular flexibility index (Phi) is 8.16. The van der Waals surface area contributed by atoms with Crippen molar-refractivity contribution in [1.29, 1.82) is 0 Å². The number of fused-ring (bicyclic) bond motifs is 1. The van der Waals surface area contributed by atoms with Gasteiger partial charge < -0.3 is 14.4 Å². The number of hydrogen-bond acceptors (Lipinski definition) is 9. The van der Waals surface area contributed by atoms with Crippen LogP contribution < -0.4 is 4.72 Å². The number of hydrogen-bond donors (Lipinski definition) is 2. The number of nitrogens with zero attached hydrogens (tertiary/aromatic N) is 4. The molecule has 1 aliphatic heterocycles. The Hall–Kier alpha value is -3.00. The zero-order chi connectivity index (χ0) is 29.5.